The first-order valence-corrected chi connectivity index (χ1v) is 9.08. The number of carbonyl (C=O) groups excluding carboxylic acids is 1. The molecule has 3 unspecified atom stereocenters. The van der Waals surface area contributed by atoms with Crippen molar-refractivity contribution in [2.24, 2.45) is 0 Å². The molecule has 1 aromatic carbocycles. The number of aromatic nitrogens is 1. The third-order valence-corrected chi connectivity index (χ3v) is 4.85. The highest BCUT2D eigenvalue weighted by Gasteiger charge is 2.32. The second-order valence-corrected chi connectivity index (χ2v) is 7.12. The molecule has 0 aliphatic heterocycles. The van der Waals surface area contributed by atoms with Crippen molar-refractivity contribution in [1.82, 2.24) is 10.3 Å². The maximum Gasteiger partial charge on any atom is 0.253 e. The molecule has 2 aromatic rings. The maximum absolute atomic E-state index is 14.1. The van der Waals surface area contributed by atoms with Gasteiger partial charge in [-0.05, 0) is 49.9 Å². The highest BCUT2D eigenvalue weighted by Crippen LogP contribution is 2.26. The molecule has 6 nitrogen and oxygen atoms in total. The number of carbonyl (C=O) groups is 1. The van der Waals surface area contributed by atoms with Crippen LogP contribution < -0.4 is 10.6 Å². The van der Waals surface area contributed by atoms with Crippen LogP contribution in [0.5, 0.6) is 0 Å². The summed E-state index contributed by atoms with van der Waals surface area (Å²) in [5, 5.41) is 25.6. The van der Waals surface area contributed by atoms with Gasteiger partial charge in [-0.1, -0.05) is 17.7 Å². The summed E-state index contributed by atoms with van der Waals surface area (Å²) in [6.07, 6.45) is 1.19. The largest absolute Gasteiger partial charge is 0.390 e. The second kappa shape index (κ2) is 8.21. The summed E-state index contributed by atoms with van der Waals surface area (Å²) in [5.74, 6) is -0.949. The lowest BCUT2D eigenvalue weighted by atomic mass is 9.90. The van der Waals surface area contributed by atoms with Crippen LogP contribution in [0.1, 0.15) is 35.2 Å². The Bertz CT molecular complexity index is 849. The molecule has 4 N–H and O–H groups in total. The van der Waals surface area contributed by atoms with E-state index < -0.39 is 30.0 Å². The van der Waals surface area contributed by atoms with Gasteiger partial charge in [0, 0.05) is 0 Å². The highest BCUT2D eigenvalue weighted by molar-refractivity contribution is 6.30. The average molecular weight is 394 g/mol. The number of nitrogens with zero attached hydrogens (tertiary/aromatic N) is 1. The minimum absolute atomic E-state index is 0.110. The van der Waals surface area contributed by atoms with Crippen molar-refractivity contribution < 1.29 is 19.4 Å². The van der Waals surface area contributed by atoms with Crippen LogP contribution in [0, 0.1) is 12.7 Å². The summed E-state index contributed by atoms with van der Waals surface area (Å²) in [7, 11) is 0. The molecule has 1 aliphatic carbocycles. The minimum Gasteiger partial charge on any atom is -0.390 e. The third kappa shape index (κ3) is 4.55. The summed E-state index contributed by atoms with van der Waals surface area (Å²) in [5.41, 5.74) is 1.43. The normalized spacial score (nSPS) is 22.3. The van der Waals surface area contributed by atoms with E-state index in [4.69, 9.17) is 11.6 Å². The Balaban J connectivity index is 1.84. The monoisotopic (exact) mass is 393 g/mol. The zero-order valence-corrected chi connectivity index (χ0v) is 15.5. The number of hydrogen-bond acceptors (Lipinski definition) is 5. The van der Waals surface area contributed by atoms with E-state index >= 15 is 0 Å². The molecule has 0 radical (unpaired) electrons. The summed E-state index contributed by atoms with van der Waals surface area (Å²) in [6, 6.07) is 5.50. The molecular formula is C19H21ClFN3O3. The van der Waals surface area contributed by atoms with Gasteiger partial charge >= 0.3 is 0 Å². The zero-order chi connectivity index (χ0) is 19.6. The van der Waals surface area contributed by atoms with Crippen molar-refractivity contribution in [3.05, 3.63) is 52.6 Å². The van der Waals surface area contributed by atoms with Gasteiger partial charge in [0.05, 0.1) is 41.4 Å². The fourth-order valence-electron chi connectivity index (χ4n) is 3.14. The van der Waals surface area contributed by atoms with Crippen molar-refractivity contribution in [1.29, 1.82) is 0 Å². The SMILES string of the molecule is Cc1ccc(Nc2cnc(Cl)cc2C(=O)NC2CCCC(O)C2O)c(F)c1. The lowest BCUT2D eigenvalue weighted by Gasteiger charge is -2.32. The van der Waals surface area contributed by atoms with Gasteiger partial charge in [0.2, 0.25) is 0 Å². The molecule has 1 aliphatic rings. The molecule has 8 heteroatoms. The number of benzene rings is 1. The Morgan fingerprint density at radius 3 is 2.78 bits per heavy atom. The molecule has 3 rings (SSSR count). The molecule has 27 heavy (non-hydrogen) atoms. The Kier molecular flexibility index (Phi) is 5.94. The Hall–Kier alpha value is -2.22. The van der Waals surface area contributed by atoms with Crippen molar-refractivity contribution in [2.45, 2.75) is 44.4 Å². The number of hydrogen-bond donors (Lipinski definition) is 4. The van der Waals surface area contributed by atoms with Crippen LogP contribution in [0.15, 0.2) is 30.5 Å². The summed E-state index contributed by atoms with van der Waals surface area (Å²) >= 11 is 5.93. The zero-order valence-electron chi connectivity index (χ0n) is 14.7. The first-order chi connectivity index (χ1) is 12.8. The standard InChI is InChI=1S/C19H21ClFN3O3/c1-10-5-6-13(12(21)7-10)23-15-9-22-17(20)8-11(15)19(27)24-14-3-2-4-16(25)18(14)26/h5-9,14,16,18,23,25-26H,2-4H2,1H3,(H,24,27). The molecule has 3 atom stereocenters. The first-order valence-electron chi connectivity index (χ1n) is 8.71. The molecule has 0 spiro atoms. The van der Waals surface area contributed by atoms with Crippen LogP contribution in [0.25, 0.3) is 0 Å². The number of aliphatic hydroxyl groups excluding tert-OH is 2. The van der Waals surface area contributed by atoms with E-state index in [-0.39, 0.29) is 22.1 Å². The van der Waals surface area contributed by atoms with Crippen LogP contribution in [-0.4, -0.2) is 39.4 Å². The molecular weight excluding hydrogens is 373 g/mol. The van der Waals surface area contributed by atoms with Crippen LogP contribution >= 0.6 is 11.6 Å². The molecule has 1 aromatic heterocycles. The molecule has 144 valence electrons. The van der Waals surface area contributed by atoms with E-state index in [2.05, 4.69) is 15.6 Å². The lowest BCUT2D eigenvalue weighted by molar-refractivity contribution is -0.0277. The topological polar surface area (TPSA) is 94.5 Å². The van der Waals surface area contributed by atoms with E-state index in [1.165, 1.54) is 18.3 Å². The van der Waals surface area contributed by atoms with Crippen LogP contribution in [0.3, 0.4) is 0 Å². The average Bonchev–Trinajstić information content (AvgIpc) is 2.62. The number of aryl methyl sites for hydroxylation is 1. The van der Waals surface area contributed by atoms with Gasteiger partial charge in [0.25, 0.3) is 5.91 Å². The van der Waals surface area contributed by atoms with Crippen LogP contribution in [-0.2, 0) is 0 Å². The van der Waals surface area contributed by atoms with Gasteiger partial charge in [0.15, 0.2) is 0 Å². The van der Waals surface area contributed by atoms with Crippen molar-refractivity contribution in [3.63, 3.8) is 0 Å². The number of nitrogens with one attached hydrogen (secondary N) is 2. The number of amides is 1. The Labute approximate surface area is 161 Å². The van der Waals surface area contributed by atoms with E-state index in [0.717, 1.165) is 5.56 Å². The number of rotatable bonds is 4. The molecule has 1 fully saturated rings. The fourth-order valence-corrected chi connectivity index (χ4v) is 3.30. The summed E-state index contributed by atoms with van der Waals surface area (Å²) < 4.78 is 14.1. The summed E-state index contributed by atoms with van der Waals surface area (Å²) in [6.45, 7) is 1.78. The minimum atomic E-state index is -1.04. The van der Waals surface area contributed by atoms with Gasteiger partial charge in [0.1, 0.15) is 11.0 Å². The second-order valence-electron chi connectivity index (χ2n) is 6.73. The Morgan fingerprint density at radius 2 is 2.04 bits per heavy atom. The Morgan fingerprint density at radius 1 is 1.26 bits per heavy atom. The fraction of sp³-hybridized carbons (Fsp3) is 0.368. The maximum atomic E-state index is 14.1. The predicted molar refractivity (Wildman–Crippen MR) is 101 cm³/mol. The highest BCUT2D eigenvalue weighted by atomic mass is 35.5. The van der Waals surface area contributed by atoms with Gasteiger partial charge in [-0.2, -0.15) is 0 Å². The number of aliphatic hydroxyl groups is 2. The quantitative estimate of drug-likeness (QED) is 0.599. The number of anilines is 2. The van der Waals surface area contributed by atoms with Crippen LogP contribution in [0.4, 0.5) is 15.8 Å². The van der Waals surface area contributed by atoms with Gasteiger partial charge < -0.3 is 20.8 Å². The number of halogens is 2. The first kappa shape index (κ1) is 19.5. The molecule has 1 heterocycles. The molecule has 0 saturated heterocycles. The third-order valence-electron chi connectivity index (χ3n) is 4.65. The van der Waals surface area contributed by atoms with E-state index in [9.17, 15) is 19.4 Å². The lowest BCUT2D eigenvalue weighted by Crippen LogP contribution is -2.51. The van der Waals surface area contributed by atoms with E-state index in [0.29, 0.717) is 19.3 Å². The van der Waals surface area contributed by atoms with E-state index in [1.807, 2.05) is 0 Å². The van der Waals surface area contributed by atoms with E-state index in [1.54, 1.807) is 19.1 Å². The molecule has 0 bridgehead atoms. The summed E-state index contributed by atoms with van der Waals surface area (Å²) in [4.78, 5) is 16.7. The number of pyridine rings is 1. The van der Waals surface area contributed by atoms with Crippen LogP contribution in [0.2, 0.25) is 5.15 Å². The van der Waals surface area contributed by atoms with Crippen molar-refractivity contribution >= 4 is 28.9 Å². The molecule has 1 saturated carbocycles. The van der Waals surface area contributed by atoms with Gasteiger partial charge in [-0.15, -0.1) is 0 Å². The predicted octanol–water partition coefficient (Wildman–Crippen LogP) is 2.93. The van der Waals surface area contributed by atoms with Crippen molar-refractivity contribution in [2.75, 3.05) is 5.32 Å². The smallest absolute Gasteiger partial charge is 0.253 e. The van der Waals surface area contributed by atoms with Gasteiger partial charge in [-0.3, -0.25) is 4.79 Å². The van der Waals surface area contributed by atoms with Crippen molar-refractivity contribution in [3.8, 4) is 0 Å². The van der Waals surface area contributed by atoms with Gasteiger partial charge in [-0.25, -0.2) is 9.37 Å². The molecule has 1 amide bonds.